The summed E-state index contributed by atoms with van der Waals surface area (Å²) in [5.74, 6) is -1.06. The number of ether oxygens (including phenoxy) is 1. The first kappa shape index (κ1) is 13.3. The lowest BCUT2D eigenvalue weighted by molar-refractivity contribution is -0.391. The molecule has 0 aliphatic carbocycles. The second-order valence-corrected chi connectivity index (χ2v) is 3.72. The lowest BCUT2D eigenvalue weighted by Crippen LogP contribution is -2.00. The van der Waals surface area contributed by atoms with Crippen LogP contribution in [0.3, 0.4) is 0 Å². The van der Waals surface area contributed by atoms with Crippen LogP contribution in [0.4, 0.5) is 11.5 Å². The van der Waals surface area contributed by atoms with E-state index in [1.54, 1.807) is 6.92 Å². The van der Waals surface area contributed by atoms with Crippen LogP contribution in [0.15, 0.2) is 30.5 Å². The monoisotopic (exact) mass is 276 g/mol. The Hall–Kier alpha value is -3.10. The Bertz CT molecular complexity index is 688. The number of pyridine rings is 2. The van der Waals surface area contributed by atoms with E-state index >= 15 is 0 Å². The molecule has 0 atom stereocenters. The van der Waals surface area contributed by atoms with E-state index in [9.17, 15) is 20.2 Å². The summed E-state index contributed by atoms with van der Waals surface area (Å²) in [7, 11) is 0. The molecule has 102 valence electrons. The smallest absolute Gasteiger partial charge is 0.407 e. The van der Waals surface area contributed by atoms with Gasteiger partial charge in [0.05, 0.1) is 4.92 Å². The maximum absolute atomic E-state index is 10.9. The van der Waals surface area contributed by atoms with Gasteiger partial charge in [0.1, 0.15) is 5.69 Å². The van der Waals surface area contributed by atoms with E-state index in [0.29, 0.717) is 5.69 Å². The summed E-state index contributed by atoms with van der Waals surface area (Å²) >= 11 is 0. The van der Waals surface area contributed by atoms with Crippen LogP contribution < -0.4 is 4.74 Å². The predicted molar refractivity (Wildman–Crippen MR) is 66.6 cm³/mol. The SMILES string of the molecule is Cc1ccc(Oc2ncccc2[N+](=O)[O-])c([N+](=O)[O-])n1. The molecule has 0 unspecified atom stereocenters. The summed E-state index contributed by atoms with van der Waals surface area (Å²) in [4.78, 5) is 27.7. The molecule has 0 aliphatic heterocycles. The van der Waals surface area contributed by atoms with Crippen molar-refractivity contribution in [3.8, 4) is 11.6 Å². The van der Waals surface area contributed by atoms with E-state index < -0.39 is 15.7 Å². The summed E-state index contributed by atoms with van der Waals surface area (Å²) < 4.78 is 5.16. The largest absolute Gasteiger partial charge is 0.425 e. The molecular formula is C11H8N4O5. The first-order valence-electron chi connectivity index (χ1n) is 5.38. The maximum Gasteiger partial charge on any atom is 0.407 e. The van der Waals surface area contributed by atoms with Crippen molar-refractivity contribution in [3.63, 3.8) is 0 Å². The van der Waals surface area contributed by atoms with Crippen LogP contribution >= 0.6 is 0 Å². The van der Waals surface area contributed by atoms with Gasteiger partial charge >= 0.3 is 11.5 Å². The van der Waals surface area contributed by atoms with Crippen LogP contribution in [-0.2, 0) is 0 Å². The van der Waals surface area contributed by atoms with Crippen LogP contribution in [0.25, 0.3) is 0 Å². The average molecular weight is 276 g/mol. The van der Waals surface area contributed by atoms with Crippen molar-refractivity contribution in [2.75, 3.05) is 0 Å². The zero-order valence-corrected chi connectivity index (χ0v) is 10.2. The van der Waals surface area contributed by atoms with Gasteiger partial charge in [-0.25, -0.2) is 4.98 Å². The minimum absolute atomic E-state index is 0.206. The fourth-order valence-electron chi connectivity index (χ4n) is 1.44. The van der Waals surface area contributed by atoms with E-state index in [0.717, 1.165) is 0 Å². The molecule has 0 spiro atoms. The number of nitrogens with zero attached hydrogens (tertiary/aromatic N) is 4. The summed E-state index contributed by atoms with van der Waals surface area (Å²) in [6.45, 7) is 1.58. The van der Waals surface area contributed by atoms with Gasteiger partial charge in [0, 0.05) is 19.2 Å². The molecule has 2 aromatic heterocycles. The van der Waals surface area contributed by atoms with Gasteiger partial charge in [-0.2, -0.15) is 0 Å². The minimum atomic E-state index is -0.725. The molecule has 2 aromatic rings. The van der Waals surface area contributed by atoms with Gasteiger partial charge in [-0.15, -0.1) is 0 Å². The van der Waals surface area contributed by atoms with Crippen LogP contribution in [-0.4, -0.2) is 19.8 Å². The lowest BCUT2D eigenvalue weighted by Gasteiger charge is -2.05. The Morgan fingerprint density at radius 3 is 2.55 bits per heavy atom. The molecule has 0 radical (unpaired) electrons. The normalized spacial score (nSPS) is 10.1. The van der Waals surface area contributed by atoms with Gasteiger partial charge in [-0.3, -0.25) is 10.1 Å². The fourth-order valence-corrected chi connectivity index (χ4v) is 1.44. The van der Waals surface area contributed by atoms with Gasteiger partial charge in [0.15, 0.2) is 0 Å². The second kappa shape index (κ2) is 5.26. The maximum atomic E-state index is 10.9. The third-order valence-corrected chi connectivity index (χ3v) is 2.31. The van der Waals surface area contributed by atoms with Gasteiger partial charge < -0.3 is 14.9 Å². The minimum Gasteiger partial charge on any atom is -0.425 e. The second-order valence-electron chi connectivity index (χ2n) is 3.72. The number of aryl methyl sites for hydroxylation is 1. The van der Waals surface area contributed by atoms with Gasteiger partial charge in [0.25, 0.3) is 5.88 Å². The van der Waals surface area contributed by atoms with Crippen molar-refractivity contribution in [1.29, 1.82) is 0 Å². The first-order valence-corrected chi connectivity index (χ1v) is 5.38. The number of aromatic nitrogens is 2. The molecule has 0 bridgehead atoms. The zero-order chi connectivity index (χ0) is 14.7. The molecule has 0 fully saturated rings. The molecule has 0 saturated heterocycles. The third kappa shape index (κ3) is 2.66. The Labute approximate surface area is 112 Å². The third-order valence-electron chi connectivity index (χ3n) is 2.31. The molecule has 0 aromatic carbocycles. The summed E-state index contributed by atoms with van der Waals surface area (Å²) in [5, 5.41) is 21.7. The van der Waals surface area contributed by atoms with E-state index in [1.165, 1.54) is 30.5 Å². The first-order chi connectivity index (χ1) is 9.49. The highest BCUT2D eigenvalue weighted by molar-refractivity contribution is 5.47. The molecular weight excluding hydrogens is 268 g/mol. The highest BCUT2D eigenvalue weighted by Crippen LogP contribution is 2.33. The van der Waals surface area contributed by atoms with E-state index in [1.807, 2.05) is 0 Å². The highest BCUT2D eigenvalue weighted by Gasteiger charge is 2.23. The molecule has 9 nitrogen and oxygen atoms in total. The Morgan fingerprint density at radius 2 is 1.90 bits per heavy atom. The molecule has 20 heavy (non-hydrogen) atoms. The Morgan fingerprint density at radius 1 is 1.15 bits per heavy atom. The predicted octanol–water partition coefficient (Wildman–Crippen LogP) is 2.39. The van der Waals surface area contributed by atoms with Crippen LogP contribution in [0.5, 0.6) is 11.6 Å². The quantitative estimate of drug-likeness (QED) is 0.620. The van der Waals surface area contributed by atoms with Crippen molar-refractivity contribution in [1.82, 2.24) is 9.97 Å². The average Bonchev–Trinajstić information content (AvgIpc) is 2.41. The molecule has 0 aliphatic rings. The summed E-state index contributed by atoms with van der Waals surface area (Å²) in [6, 6.07) is 5.37. The molecule has 2 heterocycles. The molecule has 0 saturated carbocycles. The van der Waals surface area contributed by atoms with Gasteiger partial charge in [-0.1, -0.05) is 0 Å². The fraction of sp³-hybridized carbons (Fsp3) is 0.0909. The van der Waals surface area contributed by atoms with Crippen molar-refractivity contribution in [3.05, 3.63) is 56.4 Å². The van der Waals surface area contributed by atoms with Crippen molar-refractivity contribution in [2.45, 2.75) is 6.92 Å². The number of rotatable bonds is 4. The molecule has 9 heteroatoms. The van der Waals surface area contributed by atoms with Crippen LogP contribution in [0.2, 0.25) is 0 Å². The Kier molecular flexibility index (Phi) is 3.51. The number of hydrogen-bond donors (Lipinski definition) is 0. The van der Waals surface area contributed by atoms with E-state index in [2.05, 4.69) is 9.97 Å². The summed E-state index contributed by atoms with van der Waals surface area (Å²) in [6.07, 6.45) is 1.29. The molecule has 0 amide bonds. The molecule has 2 rings (SSSR count). The van der Waals surface area contributed by atoms with Gasteiger partial charge in [-0.05, 0) is 28.1 Å². The molecule has 0 N–H and O–H groups in total. The topological polar surface area (TPSA) is 121 Å². The zero-order valence-electron chi connectivity index (χ0n) is 10.2. The van der Waals surface area contributed by atoms with E-state index in [4.69, 9.17) is 4.74 Å². The highest BCUT2D eigenvalue weighted by atomic mass is 16.6. The lowest BCUT2D eigenvalue weighted by atomic mass is 10.3. The van der Waals surface area contributed by atoms with Crippen molar-refractivity contribution in [2.24, 2.45) is 0 Å². The van der Waals surface area contributed by atoms with Crippen molar-refractivity contribution >= 4 is 11.5 Å². The van der Waals surface area contributed by atoms with Crippen molar-refractivity contribution < 1.29 is 14.6 Å². The Balaban J connectivity index is 2.45. The van der Waals surface area contributed by atoms with Crippen LogP contribution in [0.1, 0.15) is 5.69 Å². The number of nitro groups is 2. The van der Waals surface area contributed by atoms with Gasteiger partial charge in [0.2, 0.25) is 5.75 Å². The standard InChI is InChI=1S/C11H8N4O5/c1-7-4-5-9(10(13-7)15(18)19)20-11-8(14(16)17)3-2-6-12-11/h2-6H,1H3. The summed E-state index contributed by atoms with van der Waals surface area (Å²) in [5.41, 5.74) is 0.0435. The van der Waals surface area contributed by atoms with Crippen LogP contribution in [0, 0.1) is 27.2 Å². The number of hydrogen-bond acceptors (Lipinski definition) is 7. The van der Waals surface area contributed by atoms with E-state index in [-0.39, 0.29) is 17.3 Å².